The molecular weight excluding hydrogens is 408 g/mol. The number of nitrogens with zero attached hydrogens (tertiary/aromatic N) is 3. The molecule has 1 aromatic carbocycles. The normalized spacial score (nSPS) is 18.3. The fourth-order valence-corrected chi connectivity index (χ4v) is 5.22. The number of hydrogen-bond donors (Lipinski definition) is 1. The van der Waals surface area contributed by atoms with E-state index < -0.39 is 0 Å². The number of likely N-dealkylation sites (tertiary alicyclic amines) is 1. The van der Waals surface area contributed by atoms with Gasteiger partial charge in [-0.05, 0) is 80.8 Å². The van der Waals surface area contributed by atoms with Crippen LogP contribution in [-0.2, 0) is 19.3 Å². The van der Waals surface area contributed by atoms with Gasteiger partial charge in [0.1, 0.15) is 0 Å². The van der Waals surface area contributed by atoms with Gasteiger partial charge in [0.15, 0.2) is 5.69 Å². The van der Waals surface area contributed by atoms with Crippen molar-refractivity contribution in [1.29, 1.82) is 0 Å². The summed E-state index contributed by atoms with van der Waals surface area (Å²) >= 11 is 6.16. The number of amides is 1. The Bertz CT molecular complexity index is 1120. The molecule has 2 aliphatic rings. The monoisotopic (exact) mass is 434 g/mol. The fourth-order valence-electron chi connectivity index (χ4n) is 5.01. The quantitative estimate of drug-likeness (QED) is 0.637. The van der Waals surface area contributed by atoms with Gasteiger partial charge in [-0.2, -0.15) is 5.10 Å². The average Bonchev–Trinajstić information content (AvgIpc) is 3.37. The molecule has 0 spiro atoms. The maximum absolute atomic E-state index is 13.2. The van der Waals surface area contributed by atoms with E-state index >= 15 is 0 Å². The minimum Gasteiger partial charge on any atom is -0.337 e. The number of benzene rings is 1. The van der Waals surface area contributed by atoms with E-state index in [9.17, 15) is 4.79 Å². The molecule has 1 amide bonds. The molecule has 0 radical (unpaired) electrons. The van der Waals surface area contributed by atoms with Crippen LogP contribution in [-0.4, -0.2) is 39.1 Å². The Morgan fingerprint density at radius 1 is 1.19 bits per heavy atom. The fraction of sp³-hybridized carbons (Fsp3) is 0.400. The van der Waals surface area contributed by atoms with E-state index in [0.717, 1.165) is 72.7 Å². The first-order valence-electron chi connectivity index (χ1n) is 11.1. The van der Waals surface area contributed by atoms with Gasteiger partial charge in [0.25, 0.3) is 5.91 Å². The van der Waals surface area contributed by atoms with E-state index in [1.54, 1.807) is 0 Å². The summed E-state index contributed by atoms with van der Waals surface area (Å²) in [5.74, 6) is 0.318. The maximum atomic E-state index is 13.2. The molecule has 160 valence electrons. The Labute approximate surface area is 187 Å². The zero-order valence-corrected chi connectivity index (χ0v) is 18.6. The molecule has 3 aromatic rings. The highest BCUT2D eigenvalue weighted by Gasteiger charge is 2.31. The standard InChI is InChI=1S/C25H27ClN4O/c1-16-11-18(12-17-5-2-7-20(26)13-17)14-23(27-16)19-6-4-10-30(15-19)25(31)24-21-8-3-9-22(21)28-29-24/h2,5,7,11,13-14,19H,3-4,6,8-10,12,15H2,1H3,(H,28,29)/t19-/m0/s1. The van der Waals surface area contributed by atoms with Crippen molar-refractivity contribution in [3.8, 4) is 0 Å². The Balaban J connectivity index is 1.35. The van der Waals surface area contributed by atoms with Gasteiger partial charge in [-0.15, -0.1) is 0 Å². The van der Waals surface area contributed by atoms with E-state index in [1.165, 1.54) is 11.1 Å². The lowest BCUT2D eigenvalue weighted by atomic mass is 9.92. The third kappa shape index (κ3) is 4.24. The van der Waals surface area contributed by atoms with E-state index in [0.29, 0.717) is 12.2 Å². The number of aromatic amines is 1. The number of pyridine rings is 1. The summed E-state index contributed by atoms with van der Waals surface area (Å²) in [5.41, 5.74) is 7.43. The van der Waals surface area contributed by atoms with Crippen LogP contribution in [0.5, 0.6) is 0 Å². The predicted molar refractivity (Wildman–Crippen MR) is 122 cm³/mol. The molecule has 1 fully saturated rings. The summed E-state index contributed by atoms with van der Waals surface area (Å²) in [6.07, 6.45) is 5.93. The molecule has 5 nitrogen and oxygen atoms in total. The number of carbonyl (C=O) groups excluding carboxylic acids is 1. The largest absolute Gasteiger partial charge is 0.337 e. The van der Waals surface area contributed by atoms with E-state index in [-0.39, 0.29) is 11.8 Å². The van der Waals surface area contributed by atoms with Crippen molar-refractivity contribution in [3.05, 3.63) is 80.9 Å². The number of aromatic nitrogens is 3. The van der Waals surface area contributed by atoms with E-state index in [2.05, 4.69) is 28.4 Å². The van der Waals surface area contributed by atoms with Crippen LogP contribution in [0.3, 0.4) is 0 Å². The summed E-state index contributed by atoms with van der Waals surface area (Å²) in [7, 11) is 0. The lowest BCUT2D eigenvalue weighted by Crippen LogP contribution is -2.39. The SMILES string of the molecule is Cc1cc(Cc2cccc(Cl)c2)cc([C@H]2CCCN(C(=O)c3n[nH]c4c3CCC4)C2)n1. The zero-order chi connectivity index (χ0) is 21.4. The lowest BCUT2D eigenvalue weighted by Gasteiger charge is -2.32. The average molecular weight is 435 g/mol. The molecule has 5 rings (SSSR count). The number of carbonyl (C=O) groups is 1. The van der Waals surface area contributed by atoms with Crippen molar-refractivity contribution >= 4 is 17.5 Å². The number of fused-ring (bicyclic) bond motifs is 1. The highest BCUT2D eigenvalue weighted by molar-refractivity contribution is 6.30. The number of hydrogen-bond acceptors (Lipinski definition) is 3. The van der Waals surface area contributed by atoms with Crippen molar-refractivity contribution in [2.24, 2.45) is 0 Å². The second-order valence-corrected chi connectivity index (χ2v) is 9.26. The molecule has 1 aliphatic heterocycles. The van der Waals surface area contributed by atoms with Crippen LogP contribution in [0, 0.1) is 6.92 Å². The first-order chi connectivity index (χ1) is 15.1. The van der Waals surface area contributed by atoms with Crippen LogP contribution in [0.1, 0.15) is 69.4 Å². The molecule has 1 aliphatic carbocycles. The van der Waals surface area contributed by atoms with Gasteiger partial charge in [-0.3, -0.25) is 14.9 Å². The van der Waals surface area contributed by atoms with Crippen molar-refractivity contribution in [3.63, 3.8) is 0 Å². The summed E-state index contributed by atoms with van der Waals surface area (Å²) in [6.45, 7) is 3.54. The van der Waals surface area contributed by atoms with Gasteiger partial charge in [-0.25, -0.2) is 0 Å². The second-order valence-electron chi connectivity index (χ2n) is 8.82. The minimum atomic E-state index is 0.0657. The Kier molecular flexibility index (Phi) is 5.53. The van der Waals surface area contributed by atoms with Gasteiger partial charge in [0.05, 0.1) is 0 Å². The number of halogens is 1. The highest BCUT2D eigenvalue weighted by atomic mass is 35.5. The van der Waals surface area contributed by atoms with Gasteiger partial charge < -0.3 is 4.90 Å². The van der Waals surface area contributed by atoms with Crippen LogP contribution in [0.25, 0.3) is 0 Å². The smallest absolute Gasteiger partial charge is 0.274 e. The molecule has 2 aromatic heterocycles. The number of aryl methyl sites for hydroxylation is 2. The van der Waals surface area contributed by atoms with Crippen LogP contribution in [0.15, 0.2) is 36.4 Å². The van der Waals surface area contributed by atoms with E-state index in [1.807, 2.05) is 30.0 Å². The predicted octanol–water partition coefficient (Wildman–Crippen LogP) is 4.87. The van der Waals surface area contributed by atoms with Crippen LogP contribution < -0.4 is 0 Å². The Morgan fingerprint density at radius 3 is 2.97 bits per heavy atom. The van der Waals surface area contributed by atoms with Crippen LogP contribution in [0.4, 0.5) is 0 Å². The third-order valence-electron chi connectivity index (χ3n) is 6.47. The molecule has 1 atom stereocenters. The first-order valence-corrected chi connectivity index (χ1v) is 11.5. The molecule has 3 heterocycles. The third-order valence-corrected chi connectivity index (χ3v) is 6.70. The topological polar surface area (TPSA) is 61.9 Å². The van der Waals surface area contributed by atoms with Crippen molar-refractivity contribution in [1.82, 2.24) is 20.1 Å². The second kappa shape index (κ2) is 8.46. The summed E-state index contributed by atoms with van der Waals surface area (Å²) in [4.78, 5) is 20.0. The molecule has 31 heavy (non-hydrogen) atoms. The molecule has 1 N–H and O–H groups in total. The van der Waals surface area contributed by atoms with Gasteiger partial charge in [-0.1, -0.05) is 23.7 Å². The molecule has 1 saturated heterocycles. The Hall–Kier alpha value is -2.66. The molecule has 0 bridgehead atoms. The van der Waals surface area contributed by atoms with Crippen LogP contribution in [0.2, 0.25) is 5.02 Å². The first kappa shape index (κ1) is 20.3. The van der Waals surface area contributed by atoms with Crippen LogP contribution >= 0.6 is 11.6 Å². The molecule has 6 heteroatoms. The number of piperidine rings is 1. The molecule has 0 saturated carbocycles. The summed E-state index contributed by atoms with van der Waals surface area (Å²) in [5, 5.41) is 8.18. The van der Waals surface area contributed by atoms with Crippen molar-refractivity contribution in [2.45, 2.75) is 51.4 Å². The van der Waals surface area contributed by atoms with E-state index in [4.69, 9.17) is 16.6 Å². The highest BCUT2D eigenvalue weighted by Crippen LogP contribution is 2.30. The van der Waals surface area contributed by atoms with Gasteiger partial charge in [0.2, 0.25) is 0 Å². The molecule has 0 unspecified atom stereocenters. The maximum Gasteiger partial charge on any atom is 0.274 e. The van der Waals surface area contributed by atoms with Gasteiger partial charge in [0, 0.05) is 46.7 Å². The van der Waals surface area contributed by atoms with Crippen molar-refractivity contribution in [2.75, 3.05) is 13.1 Å². The summed E-state index contributed by atoms with van der Waals surface area (Å²) < 4.78 is 0. The van der Waals surface area contributed by atoms with Crippen molar-refractivity contribution < 1.29 is 4.79 Å². The van der Waals surface area contributed by atoms with Gasteiger partial charge >= 0.3 is 0 Å². The number of rotatable bonds is 4. The molecular formula is C25H27ClN4O. The zero-order valence-electron chi connectivity index (χ0n) is 17.8. The number of nitrogens with one attached hydrogen (secondary N) is 1. The summed E-state index contributed by atoms with van der Waals surface area (Å²) in [6, 6.07) is 12.4. The Morgan fingerprint density at radius 2 is 2.10 bits per heavy atom. The lowest BCUT2D eigenvalue weighted by molar-refractivity contribution is 0.0698. The minimum absolute atomic E-state index is 0.0657. The number of H-pyrrole nitrogens is 1.